The molecule has 1 rings (SSSR count). The van der Waals surface area contributed by atoms with Crippen LogP contribution in [-0.4, -0.2) is 5.91 Å². The molecule has 0 atom stereocenters. The van der Waals surface area contributed by atoms with Gasteiger partial charge in [0.2, 0.25) is 5.91 Å². The summed E-state index contributed by atoms with van der Waals surface area (Å²) in [6, 6.07) is 9.84. The Morgan fingerprint density at radius 1 is 1.20 bits per heavy atom. The first-order valence-corrected chi connectivity index (χ1v) is 5.34. The van der Waals surface area contributed by atoms with E-state index in [2.05, 4.69) is 20.8 Å². The number of hydrogen-bond acceptors (Lipinski definition) is 1. The minimum absolute atomic E-state index is 0.242. The first-order chi connectivity index (χ1) is 7.02. The Morgan fingerprint density at radius 3 is 2.07 bits per heavy atom. The van der Waals surface area contributed by atoms with E-state index in [0.29, 0.717) is 6.42 Å². The normalized spacial score (nSPS) is 9.33. The zero-order valence-corrected chi connectivity index (χ0v) is 9.86. The van der Waals surface area contributed by atoms with Crippen molar-refractivity contribution < 1.29 is 4.79 Å². The van der Waals surface area contributed by atoms with E-state index in [4.69, 9.17) is 5.73 Å². The number of carbonyl (C=O) groups is 1. The molecular weight excluding hydrogens is 186 g/mol. The second-order valence-corrected chi connectivity index (χ2v) is 4.18. The van der Waals surface area contributed by atoms with Gasteiger partial charge in [-0.15, -0.1) is 0 Å². The number of hydrogen-bond donors (Lipinski definition) is 1. The predicted octanol–water partition coefficient (Wildman–Crippen LogP) is 2.77. The first kappa shape index (κ1) is 13.7. The summed E-state index contributed by atoms with van der Waals surface area (Å²) in [6.07, 6.45) is 1.18. The van der Waals surface area contributed by atoms with Crippen LogP contribution in [0, 0.1) is 5.92 Å². The van der Waals surface area contributed by atoms with Crippen LogP contribution in [0.1, 0.15) is 32.8 Å². The summed E-state index contributed by atoms with van der Waals surface area (Å²) in [4.78, 5) is 10.4. The fourth-order valence-electron chi connectivity index (χ4n) is 0.912. The van der Waals surface area contributed by atoms with Crippen molar-refractivity contribution in [2.45, 2.75) is 33.6 Å². The van der Waals surface area contributed by atoms with Crippen molar-refractivity contribution in [3.05, 3.63) is 35.9 Å². The molecule has 2 N–H and O–H groups in total. The lowest BCUT2D eigenvalue weighted by Crippen LogP contribution is -2.10. The minimum atomic E-state index is -0.242. The van der Waals surface area contributed by atoms with E-state index in [9.17, 15) is 4.79 Å². The highest BCUT2D eigenvalue weighted by Gasteiger charge is 1.94. The van der Waals surface area contributed by atoms with Crippen molar-refractivity contribution in [2.75, 3.05) is 0 Å². The van der Waals surface area contributed by atoms with Crippen molar-refractivity contribution in [3.8, 4) is 0 Å². The van der Waals surface area contributed by atoms with Gasteiger partial charge < -0.3 is 5.73 Å². The molecule has 0 fully saturated rings. The summed E-state index contributed by atoms with van der Waals surface area (Å²) in [7, 11) is 0. The highest BCUT2D eigenvalue weighted by Crippen LogP contribution is 2.00. The van der Waals surface area contributed by atoms with Crippen molar-refractivity contribution in [1.29, 1.82) is 0 Å². The molecule has 0 saturated heterocycles. The van der Waals surface area contributed by atoms with Gasteiger partial charge in [-0.1, -0.05) is 51.1 Å². The third-order valence-electron chi connectivity index (χ3n) is 1.50. The van der Waals surface area contributed by atoms with E-state index in [1.165, 1.54) is 0 Å². The third kappa shape index (κ3) is 10.6. The van der Waals surface area contributed by atoms with Crippen molar-refractivity contribution in [3.63, 3.8) is 0 Å². The zero-order valence-electron chi connectivity index (χ0n) is 9.86. The van der Waals surface area contributed by atoms with Crippen LogP contribution >= 0.6 is 0 Å². The second-order valence-electron chi connectivity index (χ2n) is 4.18. The Morgan fingerprint density at radius 2 is 1.67 bits per heavy atom. The summed E-state index contributed by atoms with van der Waals surface area (Å²) in [5.74, 6) is 0.592. The first-order valence-electron chi connectivity index (χ1n) is 5.34. The Bertz CT molecular complexity index is 264. The Kier molecular flexibility index (Phi) is 7.33. The van der Waals surface area contributed by atoms with Crippen molar-refractivity contribution in [2.24, 2.45) is 11.7 Å². The van der Waals surface area contributed by atoms with Gasteiger partial charge >= 0.3 is 0 Å². The van der Waals surface area contributed by atoms with E-state index in [-0.39, 0.29) is 5.91 Å². The molecule has 84 valence electrons. The average molecular weight is 207 g/mol. The summed E-state index contributed by atoms with van der Waals surface area (Å²) in [5.41, 5.74) is 6.16. The van der Waals surface area contributed by atoms with Gasteiger partial charge in [-0.3, -0.25) is 4.79 Å². The monoisotopic (exact) mass is 207 g/mol. The van der Waals surface area contributed by atoms with E-state index >= 15 is 0 Å². The van der Waals surface area contributed by atoms with Crippen molar-refractivity contribution >= 4 is 5.91 Å². The van der Waals surface area contributed by atoms with E-state index in [1.807, 2.05) is 30.3 Å². The molecule has 0 aliphatic carbocycles. The zero-order chi connectivity index (χ0) is 11.7. The molecule has 1 aromatic rings. The maximum Gasteiger partial charge on any atom is 0.217 e. The summed E-state index contributed by atoms with van der Waals surface area (Å²) in [5, 5.41) is 0. The lowest BCUT2D eigenvalue weighted by atomic mass is 10.1. The molecule has 0 saturated carbocycles. The SMILES string of the molecule is CC(C)C.NC(=O)CCc1ccccc1. The van der Waals surface area contributed by atoms with Crippen LogP contribution in [-0.2, 0) is 11.2 Å². The lowest BCUT2D eigenvalue weighted by Gasteiger charge is -1.96. The van der Waals surface area contributed by atoms with Crippen molar-refractivity contribution in [1.82, 2.24) is 0 Å². The van der Waals surface area contributed by atoms with Gasteiger partial charge in [0.1, 0.15) is 0 Å². The topological polar surface area (TPSA) is 43.1 Å². The van der Waals surface area contributed by atoms with Crippen LogP contribution in [0.4, 0.5) is 0 Å². The fraction of sp³-hybridized carbons (Fsp3) is 0.462. The number of benzene rings is 1. The molecule has 0 aliphatic rings. The van der Waals surface area contributed by atoms with Gasteiger partial charge in [-0.2, -0.15) is 0 Å². The molecule has 0 unspecified atom stereocenters. The molecule has 0 aromatic heterocycles. The maximum absolute atomic E-state index is 10.4. The highest BCUT2D eigenvalue weighted by atomic mass is 16.1. The molecular formula is C13H21NO. The summed E-state index contributed by atoms with van der Waals surface area (Å²) in [6.45, 7) is 6.50. The van der Waals surface area contributed by atoms with Gasteiger partial charge in [0, 0.05) is 6.42 Å². The van der Waals surface area contributed by atoms with E-state index in [1.54, 1.807) is 0 Å². The maximum atomic E-state index is 10.4. The quantitative estimate of drug-likeness (QED) is 0.813. The molecule has 0 bridgehead atoms. The fourth-order valence-corrected chi connectivity index (χ4v) is 0.912. The number of amides is 1. The largest absolute Gasteiger partial charge is 0.370 e. The second kappa shape index (κ2) is 8.04. The van der Waals surface area contributed by atoms with Gasteiger partial charge in [-0.25, -0.2) is 0 Å². The molecule has 0 radical (unpaired) electrons. The molecule has 2 heteroatoms. The molecule has 1 aromatic carbocycles. The van der Waals surface area contributed by atoms with Gasteiger partial charge in [0.25, 0.3) is 0 Å². The van der Waals surface area contributed by atoms with Crippen LogP contribution in [0.5, 0.6) is 0 Å². The van der Waals surface area contributed by atoms with Gasteiger partial charge in [0.05, 0.1) is 0 Å². The van der Waals surface area contributed by atoms with Crippen LogP contribution < -0.4 is 5.73 Å². The third-order valence-corrected chi connectivity index (χ3v) is 1.50. The van der Waals surface area contributed by atoms with Crippen LogP contribution in [0.15, 0.2) is 30.3 Å². The number of aryl methyl sites for hydroxylation is 1. The summed E-state index contributed by atoms with van der Waals surface area (Å²) >= 11 is 0. The molecule has 0 spiro atoms. The number of primary amides is 1. The van der Waals surface area contributed by atoms with Crippen LogP contribution in [0.2, 0.25) is 0 Å². The van der Waals surface area contributed by atoms with Gasteiger partial charge in [0.15, 0.2) is 0 Å². The Hall–Kier alpha value is -1.31. The van der Waals surface area contributed by atoms with E-state index in [0.717, 1.165) is 17.9 Å². The summed E-state index contributed by atoms with van der Waals surface area (Å²) < 4.78 is 0. The molecule has 1 amide bonds. The van der Waals surface area contributed by atoms with Crippen LogP contribution in [0.25, 0.3) is 0 Å². The van der Waals surface area contributed by atoms with Crippen LogP contribution in [0.3, 0.4) is 0 Å². The average Bonchev–Trinajstić information content (AvgIpc) is 2.15. The molecule has 2 nitrogen and oxygen atoms in total. The lowest BCUT2D eigenvalue weighted by molar-refractivity contribution is -0.117. The number of rotatable bonds is 3. The number of carbonyl (C=O) groups excluding carboxylic acids is 1. The predicted molar refractivity (Wildman–Crippen MR) is 64.5 cm³/mol. The Labute approximate surface area is 92.5 Å². The van der Waals surface area contributed by atoms with Gasteiger partial charge in [-0.05, 0) is 17.9 Å². The minimum Gasteiger partial charge on any atom is -0.370 e. The number of nitrogens with two attached hydrogens (primary N) is 1. The standard InChI is InChI=1S/C9H11NO.C4H10/c10-9(11)7-6-8-4-2-1-3-5-8;1-4(2)3/h1-5H,6-7H2,(H2,10,11);4H,1-3H3. The molecule has 0 aliphatic heterocycles. The highest BCUT2D eigenvalue weighted by molar-refractivity contribution is 5.73. The smallest absolute Gasteiger partial charge is 0.217 e. The molecule has 0 heterocycles. The molecule has 15 heavy (non-hydrogen) atoms. The van der Waals surface area contributed by atoms with E-state index < -0.39 is 0 Å². The Balaban J connectivity index is 0.000000423.